The van der Waals surface area contributed by atoms with Gasteiger partial charge in [0, 0.05) is 12.8 Å². The van der Waals surface area contributed by atoms with Crippen molar-refractivity contribution >= 4 is 52.9 Å². The Labute approximate surface area is 309 Å². The molecule has 2 aromatic rings. The highest BCUT2D eigenvalue weighted by Gasteiger charge is 2.54. The van der Waals surface area contributed by atoms with Crippen molar-refractivity contribution in [3.8, 4) is 0 Å². The van der Waals surface area contributed by atoms with E-state index < -0.39 is 40.4 Å². The number of aliphatic carboxylic acids is 1. The van der Waals surface area contributed by atoms with Gasteiger partial charge in [-0.25, -0.2) is 9.97 Å². The van der Waals surface area contributed by atoms with Crippen molar-refractivity contribution in [3.05, 3.63) is 21.7 Å². The summed E-state index contributed by atoms with van der Waals surface area (Å²) in [6.07, 6.45) is 5.34. The van der Waals surface area contributed by atoms with E-state index in [0.29, 0.717) is 62.0 Å². The van der Waals surface area contributed by atoms with Gasteiger partial charge >= 0.3 is 29.8 Å². The Morgan fingerprint density at radius 3 is 1.55 bits per heavy atom. The minimum atomic E-state index is -1.71. The van der Waals surface area contributed by atoms with Crippen LogP contribution in [0.25, 0.3) is 0 Å². The summed E-state index contributed by atoms with van der Waals surface area (Å²) < 4.78 is 29.3. The fourth-order valence-electron chi connectivity index (χ4n) is 4.67. The number of aryl methyl sites for hydroxylation is 2. The summed E-state index contributed by atoms with van der Waals surface area (Å²) in [6.45, 7) is 18.2. The molecule has 0 bridgehead atoms. The van der Waals surface area contributed by atoms with Gasteiger partial charge in [-0.05, 0) is 118 Å². The molecule has 0 aliphatic rings. The number of carbonyl (C=O) groups is 5. The lowest BCUT2D eigenvalue weighted by Crippen LogP contribution is -2.50. The smallest absolute Gasteiger partial charge is 0.331 e. The maximum Gasteiger partial charge on any atom is 0.331 e. The number of hydrogen-bond acceptors (Lipinski definition) is 15. The van der Waals surface area contributed by atoms with Gasteiger partial charge in [0.2, 0.25) is 5.41 Å². The van der Waals surface area contributed by atoms with Gasteiger partial charge in [0.05, 0.1) is 13.2 Å². The number of nitrogens with zero attached hydrogens (tertiary/aromatic N) is 4. The summed E-state index contributed by atoms with van der Waals surface area (Å²) >= 11 is 2.15. The summed E-state index contributed by atoms with van der Waals surface area (Å²) in [4.78, 5) is 69.3. The van der Waals surface area contributed by atoms with Gasteiger partial charge in [0.1, 0.15) is 38.8 Å². The van der Waals surface area contributed by atoms with E-state index in [1.807, 2.05) is 0 Å². The third-order valence-electron chi connectivity index (χ3n) is 6.94. The van der Waals surface area contributed by atoms with Crippen LogP contribution in [0.2, 0.25) is 0 Å². The Hall–Kier alpha value is -3.53. The molecule has 1 N–H and O–H groups in total. The summed E-state index contributed by atoms with van der Waals surface area (Å²) in [5.74, 6) is -2.23. The topological polar surface area (TPSA) is 194 Å². The Morgan fingerprint density at radius 2 is 1.16 bits per heavy atom. The molecule has 14 nitrogen and oxygen atoms in total. The SMILES string of the molecule is CCOC(=O)CCCCCC(C(=O)O)c1nc(C)ns1.CCOC(=O)CCCCCC(C(=O)OC(C)(C)C)(C(=O)OC(C)(C)C)c1nc(C)ns1. The fraction of sp³-hybridized carbons (Fsp3) is 0.743. The van der Waals surface area contributed by atoms with Crippen LogP contribution in [0.1, 0.15) is 147 Å². The molecule has 0 saturated carbocycles. The average molecular weight is 757 g/mol. The second-order valence-corrected chi connectivity index (χ2v) is 15.4. The predicted octanol–water partition coefficient (Wildman–Crippen LogP) is 6.81. The van der Waals surface area contributed by atoms with Crippen LogP contribution < -0.4 is 0 Å². The zero-order valence-electron chi connectivity index (χ0n) is 31.8. The molecule has 0 radical (unpaired) electrons. The highest BCUT2D eigenvalue weighted by molar-refractivity contribution is 7.06. The van der Waals surface area contributed by atoms with Gasteiger partial charge in [-0.2, -0.15) is 8.75 Å². The average Bonchev–Trinajstić information content (AvgIpc) is 3.63. The van der Waals surface area contributed by atoms with Gasteiger partial charge in [-0.1, -0.05) is 25.7 Å². The molecule has 2 heterocycles. The summed E-state index contributed by atoms with van der Waals surface area (Å²) in [6, 6.07) is 0. The molecule has 1 unspecified atom stereocenters. The van der Waals surface area contributed by atoms with Gasteiger partial charge in [0.25, 0.3) is 0 Å². The second kappa shape index (κ2) is 21.7. The van der Waals surface area contributed by atoms with E-state index in [9.17, 15) is 29.1 Å². The van der Waals surface area contributed by atoms with Gasteiger partial charge in [0.15, 0.2) is 0 Å². The molecule has 16 heteroatoms. The quantitative estimate of drug-likeness (QED) is 0.0680. The zero-order chi connectivity index (χ0) is 38.8. The van der Waals surface area contributed by atoms with Gasteiger partial charge in [-0.15, -0.1) is 0 Å². The zero-order valence-corrected chi connectivity index (χ0v) is 33.4. The molecule has 0 aliphatic heterocycles. The van der Waals surface area contributed by atoms with E-state index >= 15 is 0 Å². The molecule has 0 aromatic carbocycles. The number of carboxylic acid groups (broad SMARTS) is 1. The number of carboxylic acids is 1. The van der Waals surface area contributed by atoms with E-state index in [1.54, 1.807) is 69.2 Å². The van der Waals surface area contributed by atoms with Crippen LogP contribution in [0, 0.1) is 13.8 Å². The maximum absolute atomic E-state index is 13.4. The molecule has 288 valence electrons. The molecule has 1 atom stereocenters. The molecule has 2 aromatic heterocycles. The van der Waals surface area contributed by atoms with E-state index in [4.69, 9.17) is 18.9 Å². The molecular weight excluding hydrogens is 701 g/mol. The molecule has 0 spiro atoms. The molecule has 0 fully saturated rings. The summed E-state index contributed by atoms with van der Waals surface area (Å²) in [7, 11) is 0. The number of ether oxygens (including phenoxy) is 4. The van der Waals surface area contributed by atoms with Crippen molar-refractivity contribution < 1.29 is 48.0 Å². The van der Waals surface area contributed by atoms with Crippen molar-refractivity contribution in [2.24, 2.45) is 0 Å². The predicted molar refractivity (Wildman–Crippen MR) is 192 cm³/mol. The molecule has 0 saturated heterocycles. The van der Waals surface area contributed by atoms with Crippen molar-refractivity contribution in [2.45, 2.75) is 156 Å². The minimum Gasteiger partial charge on any atom is -0.481 e. The third-order valence-corrected chi connectivity index (χ3v) is 8.83. The highest BCUT2D eigenvalue weighted by atomic mass is 32.1. The van der Waals surface area contributed by atoms with E-state index in [2.05, 4.69) is 18.7 Å². The first-order chi connectivity index (χ1) is 23.8. The monoisotopic (exact) mass is 756 g/mol. The molecule has 51 heavy (non-hydrogen) atoms. The number of aromatic nitrogens is 4. The largest absolute Gasteiger partial charge is 0.481 e. The van der Waals surface area contributed by atoms with Crippen molar-refractivity contribution in [3.63, 3.8) is 0 Å². The van der Waals surface area contributed by atoms with E-state index in [0.717, 1.165) is 42.3 Å². The third kappa shape index (κ3) is 17.0. The first kappa shape index (κ1) is 45.5. The van der Waals surface area contributed by atoms with Crippen LogP contribution in [-0.2, 0) is 48.3 Å². The number of hydrogen-bond donors (Lipinski definition) is 1. The van der Waals surface area contributed by atoms with Crippen LogP contribution in [-0.4, -0.2) is 78.1 Å². The number of carbonyl (C=O) groups excluding carboxylic acids is 4. The van der Waals surface area contributed by atoms with Crippen molar-refractivity contribution in [2.75, 3.05) is 13.2 Å². The Kier molecular flexibility index (Phi) is 19.4. The fourth-order valence-corrected chi connectivity index (χ4v) is 6.32. The molecule has 2 rings (SSSR count). The normalized spacial score (nSPS) is 12.3. The summed E-state index contributed by atoms with van der Waals surface area (Å²) in [5.41, 5.74) is -3.31. The van der Waals surface area contributed by atoms with Gasteiger partial charge < -0.3 is 24.1 Å². The van der Waals surface area contributed by atoms with E-state index in [-0.39, 0.29) is 29.8 Å². The second-order valence-electron chi connectivity index (χ2n) is 13.9. The minimum absolute atomic E-state index is 0.147. The number of unbranched alkanes of at least 4 members (excludes halogenated alkanes) is 4. The number of rotatable bonds is 19. The first-order valence-corrected chi connectivity index (χ1v) is 18.9. The maximum atomic E-state index is 13.4. The lowest BCUT2D eigenvalue weighted by Gasteiger charge is -2.33. The van der Waals surface area contributed by atoms with Crippen LogP contribution in [0.15, 0.2) is 0 Å². The Morgan fingerprint density at radius 1 is 0.686 bits per heavy atom. The molecule has 0 amide bonds. The van der Waals surface area contributed by atoms with Gasteiger partial charge in [-0.3, -0.25) is 24.0 Å². The van der Waals surface area contributed by atoms with Crippen LogP contribution in [0.4, 0.5) is 0 Å². The lowest BCUT2D eigenvalue weighted by molar-refractivity contribution is -0.178. The van der Waals surface area contributed by atoms with Crippen molar-refractivity contribution in [1.82, 2.24) is 18.7 Å². The van der Waals surface area contributed by atoms with Crippen molar-refractivity contribution in [1.29, 1.82) is 0 Å². The Bertz CT molecular complexity index is 1380. The first-order valence-electron chi connectivity index (χ1n) is 17.4. The summed E-state index contributed by atoms with van der Waals surface area (Å²) in [5, 5.41) is 10.0. The lowest BCUT2D eigenvalue weighted by atomic mass is 9.82. The van der Waals surface area contributed by atoms with Crippen LogP contribution in [0.5, 0.6) is 0 Å². The number of esters is 4. The highest BCUT2D eigenvalue weighted by Crippen LogP contribution is 2.37. The Balaban J connectivity index is 0.000000560. The van der Waals surface area contributed by atoms with Crippen LogP contribution in [0.3, 0.4) is 0 Å². The molecule has 0 aliphatic carbocycles. The van der Waals surface area contributed by atoms with Crippen LogP contribution >= 0.6 is 23.1 Å². The standard InChI is InChI=1S/C22H36N2O6S.C13H20N2O4S/c1-9-28-16(25)13-11-10-12-14-22(17-23-15(2)24-31-17,18(26)29-20(3,4)5)19(27)30-21(6,7)8;1-3-19-11(16)8-6-4-5-7-10(13(17)18)12-14-9(2)15-20-12/h9-14H2,1-8H3;10H,3-8H2,1-2H3,(H,17,18). The molecular formula is C35H56N4O10S2. The van der Waals surface area contributed by atoms with E-state index in [1.165, 1.54) is 0 Å².